The molecule has 1 aromatic carbocycles. The van der Waals surface area contributed by atoms with Crippen LogP contribution in [0.2, 0.25) is 0 Å². The molecule has 5 heteroatoms. The number of hydrogen-bond donors (Lipinski definition) is 1. The van der Waals surface area contributed by atoms with Crippen LogP contribution in [0, 0.1) is 20.8 Å². The molecule has 1 atom stereocenters. The average molecular weight is 373 g/mol. The molecule has 1 saturated heterocycles. The van der Waals surface area contributed by atoms with Gasteiger partial charge in [-0.15, -0.1) is 0 Å². The number of nitrogens with zero attached hydrogens (tertiary/aromatic N) is 2. The normalized spacial score (nSPS) is 18.8. The molecule has 5 nitrogen and oxygen atoms in total. The summed E-state index contributed by atoms with van der Waals surface area (Å²) < 4.78 is 11.2. The number of benzene rings is 1. The first-order chi connectivity index (χ1) is 13.0. The van der Waals surface area contributed by atoms with E-state index in [2.05, 4.69) is 41.8 Å². The molecule has 0 saturated carbocycles. The van der Waals surface area contributed by atoms with Crippen LogP contribution >= 0.6 is 0 Å². The Kier molecular flexibility index (Phi) is 6.58. The first-order valence-electron chi connectivity index (χ1n) is 9.77. The van der Waals surface area contributed by atoms with E-state index < -0.39 is 0 Å². The molecule has 148 valence electrons. The molecule has 1 aliphatic rings. The van der Waals surface area contributed by atoms with Crippen molar-refractivity contribution < 1.29 is 14.3 Å². The summed E-state index contributed by atoms with van der Waals surface area (Å²) in [6.07, 6.45) is 0.794. The Balaban J connectivity index is 1.68. The smallest absolute Gasteiger partial charge is 0.122 e. The Labute approximate surface area is 162 Å². The second-order valence-corrected chi connectivity index (χ2v) is 7.56. The van der Waals surface area contributed by atoms with Crippen LogP contribution in [0.5, 0.6) is 5.75 Å². The summed E-state index contributed by atoms with van der Waals surface area (Å²) in [5.41, 5.74) is 3.84. The van der Waals surface area contributed by atoms with Crippen LogP contribution in [0.15, 0.2) is 28.7 Å². The molecule has 0 bridgehead atoms. The monoisotopic (exact) mass is 372 g/mol. The summed E-state index contributed by atoms with van der Waals surface area (Å²) in [6.45, 7) is 11.2. The summed E-state index contributed by atoms with van der Waals surface area (Å²) in [5, 5.41) is 9.57. The second kappa shape index (κ2) is 8.91. The van der Waals surface area contributed by atoms with Crippen LogP contribution in [0.1, 0.15) is 34.6 Å². The Morgan fingerprint density at radius 1 is 1.07 bits per heavy atom. The van der Waals surface area contributed by atoms with E-state index in [4.69, 9.17) is 9.15 Å². The van der Waals surface area contributed by atoms with Gasteiger partial charge < -0.3 is 14.3 Å². The summed E-state index contributed by atoms with van der Waals surface area (Å²) >= 11 is 0. The highest BCUT2D eigenvalue weighted by molar-refractivity contribution is 5.43. The number of piperazine rings is 1. The quantitative estimate of drug-likeness (QED) is 0.808. The minimum absolute atomic E-state index is 0.218. The molecule has 2 heterocycles. The molecular weight excluding hydrogens is 340 g/mol. The lowest BCUT2D eigenvalue weighted by molar-refractivity contribution is 0.0466. The average Bonchev–Trinajstić information content (AvgIpc) is 3.06. The number of aliphatic hydroxyl groups is 1. The predicted molar refractivity (Wildman–Crippen MR) is 107 cm³/mol. The van der Waals surface area contributed by atoms with E-state index in [1.54, 1.807) is 7.11 Å². The molecule has 3 rings (SSSR count). The maximum Gasteiger partial charge on any atom is 0.122 e. The summed E-state index contributed by atoms with van der Waals surface area (Å²) in [6, 6.07) is 8.67. The van der Waals surface area contributed by atoms with E-state index in [1.807, 2.05) is 13.0 Å². The van der Waals surface area contributed by atoms with Gasteiger partial charge in [-0.2, -0.15) is 0 Å². The lowest BCUT2D eigenvalue weighted by atomic mass is 10.00. The Morgan fingerprint density at radius 2 is 1.89 bits per heavy atom. The molecule has 0 aliphatic carbocycles. The Hall–Kier alpha value is -1.82. The number of aliphatic hydroxyl groups excluding tert-OH is 1. The highest BCUT2D eigenvalue weighted by Gasteiger charge is 2.27. The van der Waals surface area contributed by atoms with Crippen molar-refractivity contribution >= 4 is 0 Å². The third-order valence-electron chi connectivity index (χ3n) is 5.77. The molecule has 0 unspecified atom stereocenters. The molecule has 0 amide bonds. The van der Waals surface area contributed by atoms with Gasteiger partial charge in [-0.25, -0.2) is 0 Å². The van der Waals surface area contributed by atoms with E-state index in [-0.39, 0.29) is 6.61 Å². The molecule has 27 heavy (non-hydrogen) atoms. The van der Waals surface area contributed by atoms with E-state index >= 15 is 0 Å². The molecule has 1 aromatic heterocycles. The van der Waals surface area contributed by atoms with Gasteiger partial charge in [0.05, 0.1) is 13.7 Å². The van der Waals surface area contributed by atoms with Crippen LogP contribution < -0.4 is 4.74 Å². The number of hydrogen-bond acceptors (Lipinski definition) is 5. The standard InChI is InChI=1S/C22H32N2O3/c1-16-5-7-21(27-16)15-23-10-11-24(20(14-23)9-12-25)13-19-6-8-22(26-4)18(3)17(19)2/h5-8,20,25H,9-15H2,1-4H3/t20-/m0/s1. The maximum absolute atomic E-state index is 9.57. The van der Waals surface area contributed by atoms with Gasteiger partial charge in [0, 0.05) is 38.8 Å². The lowest BCUT2D eigenvalue weighted by Gasteiger charge is -2.41. The van der Waals surface area contributed by atoms with Gasteiger partial charge in [0.1, 0.15) is 17.3 Å². The molecule has 1 N–H and O–H groups in total. The molecule has 0 radical (unpaired) electrons. The topological polar surface area (TPSA) is 49.1 Å². The van der Waals surface area contributed by atoms with Crippen LogP contribution in [0.25, 0.3) is 0 Å². The Morgan fingerprint density at radius 3 is 2.56 bits per heavy atom. The largest absolute Gasteiger partial charge is 0.496 e. The van der Waals surface area contributed by atoms with Crippen molar-refractivity contribution in [2.75, 3.05) is 33.4 Å². The van der Waals surface area contributed by atoms with Crippen LogP contribution in [-0.2, 0) is 13.1 Å². The first-order valence-corrected chi connectivity index (χ1v) is 9.77. The van der Waals surface area contributed by atoms with Crippen LogP contribution in [0.4, 0.5) is 0 Å². The molecule has 0 spiro atoms. The zero-order valence-electron chi connectivity index (χ0n) is 17.0. The van der Waals surface area contributed by atoms with Crippen molar-refractivity contribution in [3.05, 3.63) is 52.5 Å². The summed E-state index contributed by atoms with van der Waals surface area (Å²) in [7, 11) is 1.72. The van der Waals surface area contributed by atoms with Crippen molar-refractivity contribution in [3.63, 3.8) is 0 Å². The number of methoxy groups -OCH3 is 1. The van der Waals surface area contributed by atoms with Crippen LogP contribution in [-0.4, -0.2) is 54.3 Å². The molecular formula is C22H32N2O3. The summed E-state index contributed by atoms with van der Waals surface area (Å²) in [4.78, 5) is 4.94. The number of furan rings is 1. The number of aryl methyl sites for hydroxylation is 1. The second-order valence-electron chi connectivity index (χ2n) is 7.56. The zero-order chi connectivity index (χ0) is 19.4. The molecule has 1 fully saturated rings. The highest BCUT2D eigenvalue weighted by Crippen LogP contribution is 2.26. The van der Waals surface area contributed by atoms with Crippen molar-refractivity contribution in [1.82, 2.24) is 9.80 Å². The predicted octanol–water partition coefficient (Wildman–Crippen LogP) is 3.28. The highest BCUT2D eigenvalue weighted by atomic mass is 16.5. The van der Waals surface area contributed by atoms with Gasteiger partial charge in [0.25, 0.3) is 0 Å². The zero-order valence-corrected chi connectivity index (χ0v) is 17.0. The van der Waals surface area contributed by atoms with Gasteiger partial charge in [0.2, 0.25) is 0 Å². The van der Waals surface area contributed by atoms with Crippen molar-refractivity contribution in [1.29, 1.82) is 0 Å². The SMILES string of the molecule is COc1ccc(CN2CCN(Cc3ccc(C)o3)C[C@@H]2CCO)c(C)c1C. The van der Waals surface area contributed by atoms with Gasteiger partial charge >= 0.3 is 0 Å². The van der Waals surface area contributed by atoms with E-state index in [0.717, 1.165) is 56.4 Å². The Bertz CT molecular complexity index is 756. The van der Waals surface area contributed by atoms with E-state index in [1.165, 1.54) is 16.7 Å². The minimum Gasteiger partial charge on any atom is -0.496 e. The van der Waals surface area contributed by atoms with E-state index in [0.29, 0.717) is 6.04 Å². The van der Waals surface area contributed by atoms with E-state index in [9.17, 15) is 5.11 Å². The fourth-order valence-electron chi connectivity index (χ4n) is 3.99. The third kappa shape index (κ3) is 4.72. The molecule has 2 aromatic rings. The van der Waals surface area contributed by atoms with Gasteiger partial charge in [0.15, 0.2) is 0 Å². The third-order valence-corrected chi connectivity index (χ3v) is 5.77. The molecule has 1 aliphatic heterocycles. The minimum atomic E-state index is 0.218. The van der Waals surface area contributed by atoms with Crippen molar-refractivity contribution in [3.8, 4) is 5.75 Å². The maximum atomic E-state index is 9.57. The van der Waals surface area contributed by atoms with Crippen LogP contribution in [0.3, 0.4) is 0 Å². The van der Waals surface area contributed by atoms with Crippen molar-refractivity contribution in [2.45, 2.75) is 46.3 Å². The fraction of sp³-hybridized carbons (Fsp3) is 0.545. The number of ether oxygens (including phenoxy) is 1. The lowest BCUT2D eigenvalue weighted by Crippen LogP contribution is -2.52. The van der Waals surface area contributed by atoms with Gasteiger partial charge in [-0.05, 0) is 62.1 Å². The van der Waals surface area contributed by atoms with Gasteiger partial charge in [-0.3, -0.25) is 9.80 Å². The van der Waals surface area contributed by atoms with Crippen molar-refractivity contribution in [2.24, 2.45) is 0 Å². The number of rotatable bonds is 7. The fourth-order valence-corrected chi connectivity index (χ4v) is 3.99. The first kappa shape index (κ1) is 19.9. The van der Waals surface area contributed by atoms with Gasteiger partial charge in [-0.1, -0.05) is 6.07 Å². The summed E-state index contributed by atoms with van der Waals surface area (Å²) in [5.74, 6) is 2.92.